The molecule has 0 bridgehead atoms. The number of aromatic nitrogens is 5. The van der Waals surface area contributed by atoms with Gasteiger partial charge in [-0.2, -0.15) is 14.9 Å². The number of esters is 2. The van der Waals surface area contributed by atoms with Gasteiger partial charge in [0.1, 0.15) is 17.3 Å². The Kier molecular flexibility index (Phi) is 12.1. The van der Waals surface area contributed by atoms with Gasteiger partial charge in [-0.05, 0) is 67.0 Å². The topological polar surface area (TPSA) is 183 Å². The second-order valence-electron chi connectivity index (χ2n) is 14.0. The van der Waals surface area contributed by atoms with E-state index < -0.39 is 70.1 Å². The third-order valence-corrected chi connectivity index (χ3v) is 8.48. The zero-order chi connectivity index (χ0) is 39.5. The molecule has 16 nitrogen and oxygen atoms in total. The van der Waals surface area contributed by atoms with Crippen LogP contribution in [0.2, 0.25) is 5.28 Å². The van der Waals surface area contributed by atoms with Crippen LogP contribution in [0.15, 0.2) is 17.2 Å². The Morgan fingerprint density at radius 3 is 2.23 bits per heavy atom. The molecule has 2 amide bonds. The Morgan fingerprint density at radius 1 is 1.08 bits per heavy atom. The molecule has 0 radical (unpaired) electrons. The maximum absolute atomic E-state index is 13.5. The van der Waals surface area contributed by atoms with Gasteiger partial charge in [-0.3, -0.25) is 9.36 Å². The monoisotopic (exact) mass is 772 g/mol. The van der Waals surface area contributed by atoms with Gasteiger partial charge in [0.2, 0.25) is 10.9 Å². The number of rotatable bonds is 10. The fourth-order valence-corrected chi connectivity index (χ4v) is 6.15. The average Bonchev–Trinajstić information content (AvgIpc) is 3.77. The van der Waals surface area contributed by atoms with Crippen LogP contribution in [-0.2, 0) is 43.6 Å². The Bertz CT molecular complexity index is 1910. The van der Waals surface area contributed by atoms with Crippen molar-refractivity contribution in [2.24, 2.45) is 5.41 Å². The number of carbonyl (C=O) groups excluding carboxylic acids is 4. The summed E-state index contributed by atoms with van der Waals surface area (Å²) in [6.07, 6.45) is 7.06. The molecule has 1 fully saturated rings. The Balaban J connectivity index is 1.84. The number of imide groups is 1. The van der Waals surface area contributed by atoms with E-state index >= 15 is 0 Å². The van der Waals surface area contributed by atoms with Crippen molar-refractivity contribution in [2.45, 2.75) is 104 Å². The molecule has 284 valence electrons. The average molecular weight is 773 g/mol. The van der Waals surface area contributed by atoms with Crippen LogP contribution in [0.3, 0.4) is 0 Å². The minimum absolute atomic E-state index is 0.0383. The molecule has 1 unspecified atom stereocenters. The molecule has 0 saturated carbocycles. The molecule has 4 rings (SSSR count). The quantitative estimate of drug-likeness (QED) is 0.108. The van der Waals surface area contributed by atoms with E-state index in [1.807, 2.05) is 0 Å². The van der Waals surface area contributed by atoms with Crippen molar-refractivity contribution in [2.75, 3.05) is 18.1 Å². The van der Waals surface area contributed by atoms with E-state index in [0.29, 0.717) is 4.90 Å². The van der Waals surface area contributed by atoms with Crippen LogP contribution >= 0.6 is 22.9 Å². The number of hydrogen-bond donors (Lipinski definition) is 0. The molecule has 0 spiro atoms. The molecule has 18 heteroatoms. The summed E-state index contributed by atoms with van der Waals surface area (Å²) in [5.41, 5.74) is -3.68. The summed E-state index contributed by atoms with van der Waals surface area (Å²) in [5, 5.41) is 1.22. The maximum Gasteiger partial charge on any atom is 0.425 e. The van der Waals surface area contributed by atoms with Gasteiger partial charge in [0.05, 0.1) is 42.6 Å². The molecule has 0 N–H and O–H groups in total. The summed E-state index contributed by atoms with van der Waals surface area (Å²) in [5.74, 6) is 3.33. The number of carbonyl (C=O) groups is 4. The first-order valence-corrected chi connectivity index (χ1v) is 17.6. The number of halogens is 1. The highest BCUT2D eigenvalue weighted by atomic mass is 35.5. The van der Waals surface area contributed by atoms with Gasteiger partial charge < -0.3 is 28.4 Å². The lowest BCUT2D eigenvalue weighted by atomic mass is 9.81. The van der Waals surface area contributed by atoms with Crippen molar-refractivity contribution in [3.05, 3.63) is 28.2 Å². The highest BCUT2D eigenvalue weighted by Gasteiger charge is 2.58. The lowest BCUT2D eigenvalue weighted by Crippen LogP contribution is -2.46. The summed E-state index contributed by atoms with van der Waals surface area (Å²) in [6, 6.07) is 0. The van der Waals surface area contributed by atoms with E-state index in [9.17, 15) is 19.2 Å². The number of anilines is 1. The number of ether oxygens (including phenoxy) is 6. The molecule has 0 aromatic carbocycles. The first kappa shape index (κ1) is 41.0. The van der Waals surface area contributed by atoms with Crippen molar-refractivity contribution in [1.82, 2.24) is 24.5 Å². The van der Waals surface area contributed by atoms with Crippen LogP contribution in [0, 0.1) is 30.1 Å². The van der Waals surface area contributed by atoms with Crippen molar-refractivity contribution in [3.8, 4) is 24.7 Å². The van der Waals surface area contributed by atoms with Crippen molar-refractivity contribution >= 4 is 64.0 Å². The summed E-state index contributed by atoms with van der Waals surface area (Å²) in [4.78, 5) is 70.7. The Hall–Kier alpha value is -4.81. The van der Waals surface area contributed by atoms with E-state index in [0.717, 1.165) is 0 Å². The molecule has 1 saturated heterocycles. The lowest BCUT2D eigenvalue weighted by molar-refractivity contribution is -0.181. The largest absolute Gasteiger partial charge is 0.464 e. The molecule has 1 aliphatic heterocycles. The van der Waals surface area contributed by atoms with Gasteiger partial charge >= 0.3 is 24.1 Å². The number of thiazole rings is 1. The predicted molar refractivity (Wildman–Crippen MR) is 192 cm³/mol. The second kappa shape index (κ2) is 15.7. The molecule has 5 atom stereocenters. The number of fused-ring (bicyclic) bond motifs is 1. The van der Waals surface area contributed by atoms with Crippen LogP contribution < -0.4 is 4.90 Å². The maximum atomic E-state index is 13.5. The highest BCUT2D eigenvalue weighted by Crippen LogP contribution is 2.47. The van der Waals surface area contributed by atoms with E-state index in [-0.39, 0.29) is 42.3 Å². The van der Waals surface area contributed by atoms with E-state index in [2.05, 4.69) is 31.8 Å². The van der Waals surface area contributed by atoms with Crippen LogP contribution in [0.4, 0.5) is 15.4 Å². The van der Waals surface area contributed by atoms with Crippen molar-refractivity contribution < 1.29 is 47.6 Å². The standard InChI is InChI=1S/C35H41ClN6O10S/c1-12-15-35(28(44)47-14-3,21-17-53-19-38-21)48-16-22-34(11,13-2)24(49-20(4)43)27(50-22)41-18-37-23-25(41)39-29(36)40-26(23)42(30(45)51-32(5,6)7)31(46)52-33(8,9)10/h1-2,17-19,22,24,27H,14-16H2,3-11H3/t22-,24+,27-,34+,35?/m1/s1. The van der Waals surface area contributed by atoms with Gasteiger partial charge in [0.15, 0.2) is 29.3 Å². The molecule has 4 heterocycles. The smallest absolute Gasteiger partial charge is 0.425 e. The minimum Gasteiger partial charge on any atom is -0.464 e. The second-order valence-corrected chi connectivity index (χ2v) is 15.1. The zero-order valence-electron chi connectivity index (χ0n) is 30.8. The van der Waals surface area contributed by atoms with Crippen LogP contribution in [0.1, 0.15) is 80.7 Å². The SMILES string of the molecule is C#CCC(OC[C@H]1O[C@@H](n2cnc3c(N(C(=O)OC(C)(C)C)C(=O)OC(C)(C)C)nc(Cl)nc32)[C@H](OC(C)=O)[C@@]1(C)C#C)(C(=O)OCC)c1cscn1. The minimum atomic E-state index is -1.82. The van der Waals surface area contributed by atoms with Gasteiger partial charge in [-0.25, -0.2) is 24.4 Å². The fraction of sp³-hybridized carbons (Fsp3) is 0.543. The third kappa shape index (κ3) is 8.71. The molecular weight excluding hydrogens is 732 g/mol. The summed E-state index contributed by atoms with van der Waals surface area (Å²) in [7, 11) is 0. The van der Waals surface area contributed by atoms with Gasteiger partial charge in [0.25, 0.3) is 0 Å². The van der Waals surface area contributed by atoms with Crippen molar-refractivity contribution in [3.63, 3.8) is 0 Å². The Morgan fingerprint density at radius 2 is 1.72 bits per heavy atom. The summed E-state index contributed by atoms with van der Waals surface area (Å²) >= 11 is 7.63. The van der Waals surface area contributed by atoms with E-state index in [4.69, 9.17) is 52.9 Å². The van der Waals surface area contributed by atoms with Gasteiger partial charge in [0, 0.05) is 12.3 Å². The molecule has 3 aromatic heterocycles. The first-order chi connectivity index (χ1) is 24.7. The van der Waals surface area contributed by atoms with Crippen LogP contribution in [-0.4, -0.2) is 85.3 Å². The molecular formula is C35H41ClN6O10S. The third-order valence-electron chi connectivity index (χ3n) is 7.72. The van der Waals surface area contributed by atoms with Crippen molar-refractivity contribution in [1.29, 1.82) is 0 Å². The lowest BCUT2D eigenvalue weighted by Gasteiger charge is -2.33. The Labute approximate surface area is 315 Å². The molecule has 0 aliphatic carbocycles. The number of imidazole rings is 1. The van der Waals surface area contributed by atoms with E-state index in [1.165, 1.54) is 34.7 Å². The van der Waals surface area contributed by atoms with Gasteiger partial charge in [-0.15, -0.1) is 30.1 Å². The summed E-state index contributed by atoms with van der Waals surface area (Å²) < 4.78 is 36.3. The number of hydrogen-bond acceptors (Lipinski definition) is 15. The number of nitrogens with zero attached hydrogens (tertiary/aromatic N) is 6. The van der Waals surface area contributed by atoms with Crippen LogP contribution in [0.25, 0.3) is 11.2 Å². The molecule has 3 aromatic rings. The highest BCUT2D eigenvalue weighted by molar-refractivity contribution is 7.07. The number of terminal acetylenes is 2. The normalized spacial score (nSPS) is 21.2. The molecule has 53 heavy (non-hydrogen) atoms. The van der Waals surface area contributed by atoms with Gasteiger partial charge in [-0.1, -0.05) is 5.92 Å². The fourth-order valence-electron chi connectivity index (χ4n) is 5.37. The first-order valence-electron chi connectivity index (χ1n) is 16.3. The zero-order valence-corrected chi connectivity index (χ0v) is 32.4. The molecule has 1 aliphatic rings. The predicted octanol–water partition coefficient (Wildman–Crippen LogP) is 5.58. The number of amides is 2. The summed E-state index contributed by atoms with van der Waals surface area (Å²) in [6.45, 7) is 13.8. The van der Waals surface area contributed by atoms with Crippen LogP contribution in [0.5, 0.6) is 0 Å². The van der Waals surface area contributed by atoms with E-state index in [1.54, 1.807) is 60.8 Å².